The Kier molecular flexibility index (Phi) is 2.45. The monoisotopic (exact) mass is 230 g/mol. The number of thioether (sulfide) groups is 1. The van der Waals surface area contributed by atoms with Crippen LogP contribution in [0.5, 0.6) is 0 Å². The van der Waals surface area contributed by atoms with Crippen molar-refractivity contribution in [3.63, 3.8) is 0 Å². The number of fused-ring (bicyclic) bond motifs is 1. The Labute approximate surface area is 89.7 Å². The Hall–Kier alpha value is -1.05. The largest absolute Gasteiger partial charge is 0.477 e. The van der Waals surface area contributed by atoms with Crippen molar-refractivity contribution in [2.45, 2.75) is 17.8 Å². The number of rotatable bonds is 3. The van der Waals surface area contributed by atoms with E-state index in [1.54, 1.807) is 0 Å². The predicted molar refractivity (Wildman–Crippen MR) is 52.6 cm³/mol. The molecule has 1 amide bonds. The molecule has 2 aliphatic rings. The number of β-lactam (4-membered cyclic amide) rings is 1. The summed E-state index contributed by atoms with van der Waals surface area (Å²) in [6.45, 7) is -0.326. The van der Waals surface area contributed by atoms with Crippen LogP contribution in [0.25, 0.3) is 0 Å². The van der Waals surface area contributed by atoms with Gasteiger partial charge >= 0.3 is 5.97 Å². The standard InChI is InChI=1S/C8H10N2O4S/c9-3(2-11)7-6(8(13)14)10-4(12)1-5(10)15-7/h3,5,11H,1-2,9H2,(H,13,14)/t3?,5-/m1/s1. The van der Waals surface area contributed by atoms with Gasteiger partial charge in [0.25, 0.3) is 0 Å². The molecule has 0 spiro atoms. The topological polar surface area (TPSA) is 104 Å². The number of carboxylic acids is 1. The van der Waals surface area contributed by atoms with Gasteiger partial charge in [-0.2, -0.15) is 0 Å². The zero-order valence-corrected chi connectivity index (χ0v) is 8.53. The normalized spacial score (nSPS) is 26.4. The number of aliphatic carboxylic acids is 1. The van der Waals surface area contributed by atoms with E-state index in [1.807, 2.05) is 0 Å². The Morgan fingerprint density at radius 1 is 1.73 bits per heavy atom. The van der Waals surface area contributed by atoms with Crippen molar-refractivity contribution in [2.75, 3.05) is 6.61 Å². The molecule has 1 saturated heterocycles. The summed E-state index contributed by atoms with van der Waals surface area (Å²) in [6.07, 6.45) is 0.336. The molecule has 4 N–H and O–H groups in total. The molecule has 6 nitrogen and oxygen atoms in total. The van der Waals surface area contributed by atoms with Gasteiger partial charge < -0.3 is 15.9 Å². The van der Waals surface area contributed by atoms with E-state index in [0.717, 1.165) is 0 Å². The van der Waals surface area contributed by atoms with Gasteiger partial charge in [0.05, 0.1) is 24.4 Å². The fraction of sp³-hybridized carbons (Fsp3) is 0.500. The summed E-state index contributed by atoms with van der Waals surface area (Å²) in [7, 11) is 0. The molecule has 0 radical (unpaired) electrons. The van der Waals surface area contributed by atoms with Gasteiger partial charge in [-0.15, -0.1) is 11.8 Å². The molecule has 0 saturated carbocycles. The van der Waals surface area contributed by atoms with Crippen LogP contribution in [0.3, 0.4) is 0 Å². The highest BCUT2D eigenvalue weighted by atomic mass is 32.2. The fourth-order valence-corrected chi connectivity index (χ4v) is 3.02. The van der Waals surface area contributed by atoms with Gasteiger partial charge in [-0.3, -0.25) is 9.69 Å². The molecule has 0 bridgehead atoms. The van der Waals surface area contributed by atoms with E-state index in [9.17, 15) is 9.59 Å². The van der Waals surface area contributed by atoms with Gasteiger partial charge in [0.2, 0.25) is 5.91 Å². The summed E-state index contributed by atoms with van der Waals surface area (Å²) in [5, 5.41) is 17.7. The van der Waals surface area contributed by atoms with Crippen molar-refractivity contribution in [3.8, 4) is 0 Å². The van der Waals surface area contributed by atoms with Crippen molar-refractivity contribution in [2.24, 2.45) is 5.73 Å². The minimum absolute atomic E-state index is 0.0669. The SMILES string of the molecule is NC(CO)C1=C(C(=O)O)N2C(=O)C[C@H]2S1. The van der Waals surface area contributed by atoms with E-state index < -0.39 is 12.0 Å². The van der Waals surface area contributed by atoms with Crippen molar-refractivity contribution in [1.82, 2.24) is 4.90 Å². The van der Waals surface area contributed by atoms with Gasteiger partial charge in [-0.25, -0.2) is 4.79 Å². The molecule has 1 unspecified atom stereocenters. The van der Waals surface area contributed by atoms with Gasteiger partial charge in [-0.1, -0.05) is 0 Å². The van der Waals surface area contributed by atoms with E-state index in [1.165, 1.54) is 16.7 Å². The average molecular weight is 230 g/mol. The van der Waals surface area contributed by atoms with E-state index >= 15 is 0 Å². The molecule has 1 fully saturated rings. The number of aliphatic hydroxyl groups is 1. The first-order chi connectivity index (χ1) is 7.06. The Balaban J connectivity index is 2.35. The number of carbonyl (C=O) groups is 2. The van der Waals surface area contributed by atoms with Gasteiger partial charge in [0, 0.05) is 4.91 Å². The Bertz CT molecular complexity index is 368. The average Bonchev–Trinajstić information content (AvgIpc) is 2.50. The molecule has 2 heterocycles. The molecule has 0 aliphatic carbocycles. The summed E-state index contributed by atoms with van der Waals surface area (Å²) in [6, 6.07) is -0.723. The molecule has 2 atom stereocenters. The molecular weight excluding hydrogens is 220 g/mol. The minimum atomic E-state index is -1.17. The zero-order chi connectivity index (χ0) is 11.2. The molecule has 0 aromatic carbocycles. The van der Waals surface area contributed by atoms with Crippen LogP contribution in [0, 0.1) is 0 Å². The molecule has 2 rings (SSSR count). The quantitative estimate of drug-likeness (QED) is 0.532. The number of carbonyl (C=O) groups excluding carboxylic acids is 1. The first-order valence-corrected chi connectivity index (χ1v) is 5.27. The van der Waals surface area contributed by atoms with Crippen LogP contribution in [0.15, 0.2) is 10.6 Å². The van der Waals surface area contributed by atoms with Crippen LogP contribution in [0.4, 0.5) is 0 Å². The number of hydrogen-bond acceptors (Lipinski definition) is 5. The summed E-state index contributed by atoms with van der Waals surface area (Å²) in [5.41, 5.74) is 5.51. The van der Waals surface area contributed by atoms with E-state index in [2.05, 4.69) is 0 Å². The number of carboxylic acid groups (broad SMARTS) is 1. The second kappa shape index (κ2) is 3.51. The van der Waals surface area contributed by atoms with Crippen LogP contribution < -0.4 is 5.73 Å². The van der Waals surface area contributed by atoms with E-state index in [-0.39, 0.29) is 23.6 Å². The molecule has 0 aromatic heterocycles. The molecular formula is C8H10N2O4S. The van der Waals surface area contributed by atoms with Crippen LogP contribution in [0.1, 0.15) is 6.42 Å². The third-order valence-electron chi connectivity index (χ3n) is 2.38. The van der Waals surface area contributed by atoms with Crippen molar-refractivity contribution in [3.05, 3.63) is 10.6 Å². The molecule has 2 aliphatic heterocycles. The lowest BCUT2D eigenvalue weighted by Gasteiger charge is -2.33. The predicted octanol–water partition coefficient (Wildman–Crippen LogP) is -1.09. The van der Waals surface area contributed by atoms with Gasteiger partial charge in [0.15, 0.2) is 0 Å². The highest BCUT2D eigenvalue weighted by Crippen LogP contribution is 2.46. The van der Waals surface area contributed by atoms with Gasteiger partial charge in [0.1, 0.15) is 5.70 Å². The first-order valence-electron chi connectivity index (χ1n) is 4.39. The number of nitrogens with two attached hydrogens (primary N) is 1. The van der Waals surface area contributed by atoms with Crippen molar-refractivity contribution < 1.29 is 19.8 Å². The number of aliphatic hydroxyl groups excluding tert-OH is 1. The maximum Gasteiger partial charge on any atom is 0.353 e. The Morgan fingerprint density at radius 3 is 2.87 bits per heavy atom. The lowest BCUT2D eigenvalue weighted by molar-refractivity contribution is -0.145. The zero-order valence-electron chi connectivity index (χ0n) is 7.71. The second-order valence-corrected chi connectivity index (χ2v) is 4.57. The van der Waals surface area contributed by atoms with Crippen LogP contribution in [-0.4, -0.2) is 45.0 Å². The Morgan fingerprint density at radius 2 is 2.40 bits per heavy atom. The number of amides is 1. The van der Waals surface area contributed by atoms with Crippen LogP contribution in [0.2, 0.25) is 0 Å². The lowest BCUT2D eigenvalue weighted by atomic mass is 10.1. The third-order valence-corrected chi connectivity index (χ3v) is 3.78. The third kappa shape index (κ3) is 1.43. The van der Waals surface area contributed by atoms with E-state index in [4.69, 9.17) is 15.9 Å². The molecule has 15 heavy (non-hydrogen) atoms. The van der Waals surface area contributed by atoms with Crippen molar-refractivity contribution in [1.29, 1.82) is 0 Å². The molecule has 7 heteroatoms. The second-order valence-electron chi connectivity index (χ2n) is 3.35. The van der Waals surface area contributed by atoms with Crippen LogP contribution >= 0.6 is 11.8 Å². The lowest BCUT2D eigenvalue weighted by Crippen LogP contribution is -2.48. The highest BCUT2D eigenvalue weighted by molar-refractivity contribution is 8.04. The maximum atomic E-state index is 11.2. The summed E-state index contributed by atoms with van der Waals surface area (Å²) < 4.78 is 0. The maximum absolute atomic E-state index is 11.2. The van der Waals surface area contributed by atoms with E-state index in [0.29, 0.717) is 11.3 Å². The summed E-state index contributed by atoms with van der Waals surface area (Å²) in [4.78, 5) is 23.8. The highest BCUT2D eigenvalue weighted by Gasteiger charge is 2.49. The van der Waals surface area contributed by atoms with Gasteiger partial charge in [-0.05, 0) is 0 Å². The molecule has 0 aromatic rings. The smallest absolute Gasteiger partial charge is 0.353 e. The first kappa shape index (κ1) is 10.5. The molecule has 82 valence electrons. The summed E-state index contributed by atoms with van der Waals surface area (Å²) in [5.74, 6) is -1.37. The number of hydrogen-bond donors (Lipinski definition) is 3. The number of nitrogens with zero attached hydrogens (tertiary/aromatic N) is 1. The summed E-state index contributed by atoms with van der Waals surface area (Å²) >= 11 is 1.25. The van der Waals surface area contributed by atoms with Crippen LogP contribution in [-0.2, 0) is 9.59 Å². The minimum Gasteiger partial charge on any atom is -0.477 e. The fourth-order valence-electron chi connectivity index (χ4n) is 1.63. The van der Waals surface area contributed by atoms with Crippen molar-refractivity contribution >= 4 is 23.6 Å².